The summed E-state index contributed by atoms with van der Waals surface area (Å²) in [5, 5.41) is 11.4. The number of fused-ring (bicyclic) bond motifs is 3. The Morgan fingerprint density at radius 3 is 2.55 bits per heavy atom. The highest BCUT2D eigenvalue weighted by atomic mass is 35.5. The molecular weight excluding hydrogens is 392 g/mol. The predicted molar refractivity (Wildman–Crippen MR) is 117 cm³/mol. The average Bonchev–Trinajstić information content (AvgIpc) is 3.03. The topological polar surface area (TPSA) is 70.1 Å². The standard InChI is InChI=1S/C22H25ClN2O4/c1-5-10-24(21(28)29-22(2,3)4)17-11-18-19(16-9-7-6-8-15(16)17)14(12-23)13-25(18)20(26)27/h5-9,11,14H,1,10,12-13H2,2-4H3,(H,26,27). The fraction of sp³-hybridized carbons (Fsp3) is 0.364. The second-order valence-electron chi connectivity index (χ2n) is 8.00. The molecule has 1 atom stereocenters. The van der Waals surface area contributed by atoms with E-state index in [0.29, 0.717) is 17.3 Å². The summed E-state index contributed by atoms with van der Waals surface area (Å²) in [4.78, 5) is 27.6. The molecule has 0 aromatic heterocycles. The molecule has 154 valence electrons. The van der Waals surface area contributed by atoms with Crippen LogP contribution in [-0.4, -0.2) is 41.9 Å². The maximum absolute atomic E-state index is 12.9. The lowest BCUT2D eigenvalue weighted by molar-refractivity contribution is 0.0585. The van der Waals surface area contributed by atoms with Crippen LogP contribution in [0.5, 0.6) is 0 Å². The molecule has 1 aliphatic rings. The van der Waals surface area contributed by atoms with Gasteiger partial charge in [0.2, 0.25) is 0 Å². The van der Waals surface area contributed by atoms with E-state index in [2.05, 4.69) is 6.58 Å². The Balaban J connectivity index is 2.25. The van der Waals surface area contributed by atoms with Crippen molar-refractivity contribution in [1.82, 2.24) is 0 Å². The van der Waals surface area contributed by atoms with Crippen LogP contribution in [-0.2, 0) is 4.74 Å². The van der Waals surface area contributed by atoms with Gasteiger partial charge in [-0.3, -0.25) is 9.80 Å². The monoisotopic (exact) mass is 416 g/mol. The Bertz CT molecular complexity index is 967. The fourth-order valence-electron chi connectivity index (χ4n) is 3.67. The first-order valence-corrected chi connectivity index (χ1v) is 9.95. The highest BCUT2D eigenvalue weighted by molar-refractivity contribution is 6.19. The number of ether oxygens (including phenoxy) is 1. The molecule has 1 aliphatic heterocycles. The lowest BCUT2D eigenvalue weighted by Crippen LogP contribution is -2.37. The van der Waals surface area contributed by atoms with Gasteiger partial charge in [0.05, 0.1) is 11.4 Å². The maximum atomic E-state index is 12.9. The van der Waals surface area contributed by atoms with Crippen molar-refractivity contribution >= 4 is 45.9 Å². The van der Waals surface area contributed by atoms with Crippen LogP contribution in [0.2, 0.25) is 0 Å². The first kappa shape index (κ1) is 21.0. The van der Waals surface area contributed by atoms with Gasteiger partial charge in [-0.1, -0.05) is 30.3 Å². The molecule has 2 aromatic rings. The molecule has 1 unspecified atom stereocenters. The van der Waals surface area contributed by atoms with Crippen molar-refractivity contribution in [2.45, 2.75) is 32.3 Å². The first-order valence-electron chi connectivity index (χ1n) is 9.41. The minimum absolute atomic E-state index is 0.115. The van der Waals surface area contributed by atoms with E-state index in [1.165, 1.54) is 9.80 Å². The van der Waals surface area contributed by atoms with Gasteiger partial charge in [0.25, 0.3) is 0 Å². The molecule has 0 saturated heterocycles. The van der Waals surface area contributed by atoms with Crippen LogP contribution < -0.4 is 9.80 Å². The lowest BCUT2D eigenvalue weighted by atomic mass is 9.94. The normalized spacial score (nSPS) is 15.9. The van der Waals surface area contributed by atoms with Crippen LogP contribution in [0, 0.1) is 0 Å². The summed E-state index contributed by atoms with van der Waals surface area (Å²) in [6.07, 6.45) is 0.0477. The Morgan fingerprint density at radius 2 is 2.00 bits per heavy atom. The van der Waals surface area contributed by atoms with Gasteiger partial charge in [0.1, 0.15) is 5.60 Å². The second kappa shape index (κ2) is 7.95. The zero-order valence-corrected chi connectivity index (χ0v) is 17.6. The number of alkyl halides is 1. The summed E-state index contributed by atoms with van der Waals surface area (Å²) < 4.78 is 5.58. The molecule has 3 rings (SSSR count). The van der Waals surface area contributed by atoms with Crippen LogP contribution in [0.15, 0.2) is 43.0 Å². The van der Waals surface area contributed by atoms with E-state index >= 15 is 0 Å². The highest BCUT2D eigenvalue weighted by Gasteiger charge is 2.35. The summed E-state index contributed by atoms with van der Waals surface area (Å²) in [5.41, 5.74) is 1.36. The predicted octanol–water partition coefficient (Wildman–Crippen LogP) is 5.59. The molecule has 6 nitrogen and oxygen atoms in total. The molecule has 0 aliphatic carbocycles. The van der Waals surface area contributed by atoms with Gasteiger partial charge in [-0.2, -0.15) is 0 Å². The number of carbonyl (C=O) groups is 2. The Labute approximate surface area is 175 Å². The summed E-state index contributed by atoms with van der Waals surface area (Å²) in [5.74, 6) is 0.193. The molecule has 2 amide bonds. The third kappa shape index (κ3) is 4.03. The molecule has 0 fully saturated rings. The molecule has 7 heteroatoms. The van der Waals surface area contributed by atoms with E-state index < -0.39 is 17.8 Å². The number of anilines is 2. The number of halogens is 1. The molecule has 0 radical (unpaired) electrons. The van der Waals surface area contributed by atoms with Crippen molar-refractivity contribution in [3.8, 4) is 0 Å². The molecule has 1 heterocycles. The fourth-order valence-corrected chi connectivity index (χ4v) is 3.93. The van der Waals surface area contributed by atoms with Gasteiger partial charge >= 0.3 is 12.2 Å². The van der Waals surface area contributed by atoms with E-state index in [9.17, 15) is 14.7 Å². The van der Waals surface area contributed by atoms with Crippen molar-refractivity contribution < 1.29 is 19.4 Å². The molecule has 29 heavy (non-hydrogen) atoms. The molecule has 0 saturated carbocycles. The van der Waals surface area contributed by atoms with Gasteiger partial charge < -0.3 is 9.84 Å². The maximum Gasteiger partial charge on any atom is 0.415 e. The SMILES string of the molecule is C=CCN(C(=O)OC(C)(C)C)c1cc2c(c3ccccc13)C(CCl)CN2C(=O)O. The van der Waals surface area contributed by atoms with Crippen LogP contribution in [0.3, 0.4) is 0 Å². The molecule has 2 aromatic carbocycles. The first-order chi connectivity index (χ1) is 13.7. The number of rotatable bonds is 4. The van der Waals surface area contributed by atoms with Gasteiger partial charge in [-0.05, 0) is 37.8 Å². The Kier molecular flexibility index (Phi) is 5.75. The highest BCUT2D eigenvalue weighted by Crippen LogP contribution is 2.45. The molecule has 1 N–H and O–H groups in total. The molecule has 0 spiro atoms. The minimum Gasteiger partial charge on any atom is -0.465 e. The van der Waals surface area contributed by atoms with Crippen LogP contribution >= 0.6 is 11.6 Å². The summed E-state index contributed by atoms with van der Waals surface area (Å²) in [6.45, 7) is 9.67. The summed E-state index contributed by atoms with van der Waals surface area (Å²) in [7, 11) is 0. The van der Waals surface area contributed by atoms with Crippen LogP contribution in [0.25, 0.3) is 10.8 Å². The number of nitrogens with zero attached hydrogens (tertiary/aromatic N) is 2. The zero-order chi connectivity index (χ0) is 21.3. The number of amides is 2. The average molecular weight is 417 g/mol. The van der Waals surface area contributed by atoms with Crippen molar-refractivity contribution in [3.05, 3.63) is 48.6 Å². The van der Waals surface area contributed by atoms with E-state index in [4.69, 9.17) is 16.3 Å². The number of benzene rings is 2. The van der Waals surface area contributed by atoms with Gasteiger partial charge in [0, 0.05) is 30.3 Å². The third-order valence-corrected chi connectivity index (χ3v) is 5.15. The van der Waals surface area contributed by atoms with E-state index in [1.54, 1.807) is 32.9 Å². The van der Waals surface area contributed by atoms with Gasteiger partial charge in [0.15, 0.2) is 0 Å². The number of carbonyl (C=O) groups excluding carboxylic acids is 1. The van der Waals surface area contributed by atoms with E-state index in [0.717, 1.165) is 16.3 Å². The summed E-state index contributed by atoms with van der Waals surface area (Å²) in [6, 6.07) is 9.38. The molecular formula is C22H25ClN2O4. The third-order valence-electron chi connectivity index (χ3n) is 4.78. The molecule has 0 bridgehead atoms. The quantitative estimate of drug-likeness (QED) is 0.521. The minimum atomic E-state index is -1.05. The van der Waals surface area contributed by atoms with Crippen LogP contribution in [0.1, 0.15) is 32.3 Å². The van der Waals surface area contributed by atoms with Crippen LogP contribution in [0.4, 0.5) is 21.0 Å². The second-order valence-corrected chi connectivity index (χ2v) is 8.31. The van der Waals surface area contributed by atoms with Crippen molar-refractivity contribution in [3.63, 3.8) is 0 Å². The van der Waals surface area contributed by atoms with Gasteiger partial charge in [-0.25, -0.2) is 9.59 Å². The Hall–Kier alpha value is -2.73. The van der Waals surface area contributed by atoms with Crippen molar-refractivity contribution in [1.29, 1.82) is 0 Å². The lowest BCUT2D eigenvalue weighted by Gasteiger charge is -2.28. The van der Waals surface area contributed by atoms with Crippen molar-refractivity contribution in [2.75, 3.05) is 28.8 Å². The van der Waals surface area contributed by atoms with Gasteiger partial charge in [-0.15, -0.1) is 18.2 Å². The summed E-state index contributed by atoms with van der Waals surface area (Å²) >= 11 is 6.16. The Morgan fingerprint density at radius 1 is 1.34 bits per heavy atom. The number of carboxylic acid groups (broad SMARTS) is 1. The smallest absolute Gasteiger partial charge is 0.415 e. The largest absolute Gasteiger partial charge is 0.465 e. The van der Waals surface area contributed by atoms with E-state index in [-0.39, 0.29) is 19.0 Å². The zero-order valence-electron chi connectivity index (χ0n) is 16.8. The van der Waals surface area contributed by atoms with Crippen molar-refractivity contribution in [2.24, 2.45) is 0 Å². The number of hydrogen-bond donors (Lipinski definition) is 1. The number of hydrogen-bond acceptors (Lipinski definition) is 3. The van der Waals surface area contributed by atoms with E-state index in [1.807, 2.05) is 24.3 Å².